The maximum atomic E-state index is 5.07. The monoisotopic (exact) mass is 250 g/mol. The zero-order chi connectivity index (χ0) is 10.9. The van der Waals surface area contributed by atoms with Gasteiger partial charge in [0.15, 0.2) is 0 Å². The Labute approximate surface area is 108 Å². The van der Waals surface area contributed by atoms with Crippen LogP contribution < -0.4 is 0 Å². The molecule has 0 fully saturated rings. The molecule has 0 aromatic heterocycles. The molecule has 0 saturated heterocycles. The van der Waals surface area contributed by atoms with Crippen LogP contribution >= 0.6 is 0 Å². The van der Waals surface area contributed by atoms with E-state index in [1.54, 1.807) is 0 Å². The molecule has 0 spiro atoms. The summed E-state index contributed by atoms with van der Waals surface area (Å²) in [5.74, 6) is 2.57. The SMILES string of the molecule is C#CC[c-]1cccc1.C=C[c-]1cccc1.[Fe+2]. The van der Waals surface area contributed by atoms with Gasteiger partial charge in [0.2, 0.25) is 0 Å². The summed E-state index contributed by atoms with van der Waals surface area (Å²) in [4.78, 5) is 0. The summed E-state index contributed by atoms with van der Waals surface area (Å²) in [6.45, 7) is 3.60. The van der Waals surface area contributed by atoms with Gasteiger partial charge < -0.3 is 0 Å². The van der Waals surface area contributed by atoms with E-state index in [4.69, 9.17) is 6.42 Å². The fourth-order valence-electron chi connectivity index (χ4n) is 1.17. The molecule has 0 N–H and O–H groups in total. The first-order valence-electron chi connectivity index (χ1n) is 4.85. The van der Waals surface area contributed by atoms with Crippen LogP contribution in [-0.4, -0.2) is 0 Å². The molecule has 0 saturated carbocycles. The summed E-state index contributed by atoms with van der Waals surface area (Å²) in [5, 5.41) is 0. The Hall–Kier alpha value is -1.48. The van der Waals surface area contributed by atoms with Gasteiger partial charge >= 0.3 is 17.1 Å². The zero-order valence-electron chi connectivity index (χ0n) is 9.04. The third-order valence-electron chi connectivity index (χ3n) is 1.96. The zero-order valence-corrected chi connectivity index (χ0v) is 10.1. The largest absolute Gasteiger partial charge is 2.00 e. The van der Waals surface area contributed by atoms with Crippen LogP contribution in [0.25, 0.3) is 6.08 Å². The van der Waals surface area contributed by atoms with Gasteiger partial charge in [-0.1, -0.05) is 0 Å². The van der Waals surface area contributed by atoms with Crippen molar-refractivity contribution in [2.24, 2.45) is 0 Å². The molecule has 1 heteroatoms. The van der Waals surface area contributed by atoms with Crippen molar-refractivity contribution in [2.45, 2.75) is 6.42 Å². The van der Waals surface area contributed by atoms with Gasteiger partial charge in [-0.2, -0.15) is 30.8 Å². The van der Waals surface area contributed by atoms with Gasteiger partial charge in [-0.3, -0.25) is 0 Å². The average Bonchev–Trinajstić information content (AvgIpc) is 2.91. The van der Waals surface area contributed by atoms with Crippen LogP contribution in [0, 0.1) is 12.3 Å². The van der Waals surface area contributed by atoms with E-state index >= 15 is 0 Å². The molecule has 0 aliphatic heterocycles. The standard InChI is InChI=1S/C8H7.C7H7.Fe/c1-2-5-8-6-3-4-7-8;1-2-7-5-3-4-6-7;/h1,3-4,6-7H,5H2;2-6H,1H2;/q2*-1;+2. The molecule has 82 valence electrons. The molecule has 0 heterocycles. The number of rotatable bonds is 2. The van der Waals surface area contributed by atoms with Gasteiger partial charge in [-0.25, -0.2) is 12.1 Å². The quantitative estimate of drug-likeness (QED) is 0.433. The molecule has 0 nitrogen and oxygen atoms in total. The van der Waals surface area contributed by atoms with Crippen molar-refractivity contribution in [1.82, 2.24) is 0 Å². The van der Waals surface area contributed by atoms with Gasteiger partial charge in [0.05, 0.1) is 0 Å². The molecule has 2 rings (SSSR count). The maximum absolute atomic E-state index is 5.07. The third-order valence-corrected chi connectivity index (χ3v) is 1.96. The molecule has 16 heavy (non-hydrogen) atoms. The van der Waals surface area contributed by atoms with Crippen LogP contribution in [0.1, 0.15) is 11.1 Å². The van der Waals surface area contributed by atoms with E-state index in [0.717, 1.165) is 6.42 Å². The molecular weight excluding hydrogens is 236 g/mol. The van der Waals surface area contributed by atoms with E-state index in [1.165, 1.54) is 11.1 Å². The fraction of sp³-hybridized carbons (Fsp3) is 0.0667. The first-order valence-corrected chi connectivity index (χ1v) is 4.85. The van der Waals surface area contributed by atoms with Crippen molar-refractivity contribution in [3.63, 3.8) is 0 Å². The van der Waals surface area contributed by atoms with E-state index in [1.807, 2.05) is 54.6 Å². The summed E-state index contributed by atoms with van der Waals surface area (Å²) in [5.41, 5.74) is 2.42. The normalized spacial score (nSPS) is 7.94. The Bertz CT molecular complexity index is 399. The minimum atomic E-state index is 0. The molecule has 2 aromatic rings. The Kier molecular flexibility index (Phi) is 7.98. The number of hydrogen-bond donors (Lipinski definition) is 0. The van der Waals surface area contributed by atoms with Crippen LogP contribution in [0.5, 0.6) is 0 Å². The molecule has 0 radical (unpaired) electrons. The number of hydrogen-bond acceptors (Lipinski definition) is 0. The predicted octanol–water partition coefficient (Wildman–Crippen LogP) is 3.63. The van der Waals surface area contributed by atoms with Gasteiger partial charge in [0.1, 0.15) is 0 Å². The first-order chi connectivity index (χ1) is 7.36. The second-order valence-electron chi connectivity index (χ2n) is 3.10. The van der Waals surface area contributed by atoms with Crippen LogP contribution in [0.3, 0.4) is 0 Å². The molecular formula is C15H14Fe. The van der Waals surface area contributed by atoms with E-state index in [0.29, 0.717) is 0 Å². The van der Waals surface area contributed by atoms with E-state index in [2.05, 4.69) is 12.5 Å². The maximum Gasteiger partial charge on any atom is 2.00 e. The Morgan fingerprint density at radius 2 is 1.56 bits per heavy atom. The minimum absolute atomic E-state index is 0. The molecule has 0 bridgehead atoms. The van der Waals surface area contributed by atoms with E-state index in [-0.39, 0.29) is 17.1 Å². The fourth-order valence-corrected chi connectivity index (χ4v) is 1.17. The molecule has 2 aromatic carbocycles. The van der Waals surface area contributed by atoms with Gasteiger partial charge in [0, 0.05) is 0 Å². The summed E-state index contributed by atoms with van der Waals surface area (Å²) >= 11 is 0. The van der Waals surface area contributed by atoms with Crippen molar-refractivity contribution >= 4 is 6.08 Å². The molecule has 0 unspecified atom stereocenters. The molecule has 0 aliphatic carbocycles. The first kappa shape index (κ1) is 14.5. The Balaban J connectivity index is 0.000000267. The summed E-state index contributed by atoms with van der Waals surface area (Å²) in [6.07, 6.45) is 7.66. The minimum Gasteiger partial charge on any atom is -0.213 e. The average molecular weight is 250 g/mol. The molecule has 0 atom stereocenters. The smallest absolute Gasteiger partial charge is 0.213 e. The van der Waals surface area contributed by atoms with Crippen molar-refractivity contribution < 1.29 is 17.1 Å². The summed E-state index contributed by atoms with van der Waals surface area (Å²) in [6, 6.07) is 16.1. The second kappa shape index (κ2) is 8.80. The van der Waals surface area contributed by atoms with Crippen LogP contribution in [0.4, 0.5) is 0 Å². The van der Waals surface area contributed by atoms with Gasteiger partial charge in [-0.05, 0) is 6.42 Å². The van der Waals surface area contributed by atoms with Crippen LogP contribution in [0.15, 0.2) is 55.1 Å². The van der Waals surface area contributed by atoms with Crippen molar-refractivity contribution in [2.75, 3.05) is 0 Å². The Morgan fingerprint density at radius 3 is 1.94 bits per heavy atom. The molecule has 0 aliphatic rings. The molecule has 0 amide bonds. The second-order valence-corrected chi connectivity index (χ2v) is 3.10. The van der Waals surface area contributed by atoms with Crippen molar-refractivity contribution in [1.29, 1.82) is 0 Å². The van der Waals surface area contributed by atoms with Crippen molar-refractivity contribution in [3.8, 4) is 12.3 Å². The predicted molar refractivity (Wildman–Crippen MR) is 66.7 cm³/mol. The summed E-state index contributed by atoms with van der Waals surface area (Å²) in [7, 11) is 0. The van der Waals surface area contributed by atoms with Gasteiger partial charge in [0.25, 0.3) is 0 Å². The number of terminal acetylenes is 1. The van der Waals surface area contributed by atoms with Crippen molar-refractivity contribution in [3.05, 3.63) is 66.2 Å². The summed E-state index contributed by atoms with van der Waals surface area (Å²) < 4.78 is 0. The topological polar surface area (TPSA) is 0 Å². The van der Waals surface area contributed by atoms with E-state index < -0.39 is 0 Å². The Morgan fingerprint density at radius 1 is 1.06 bits per heavy atom. The van der Waals surface area contributed by atoms with Crippen LogP contribution in [0.2, 0.25) is 0 Å². The van der Waals surface area contributed by atoms with Crippen LogP contribution in [-0.2, 0) is 23.5 Å². The van der Waals surface area contributed by atoms with Gasteiger partial charge in [-0.15, -0.1) is 41.7 Å². The third kappa shape index (κ3) is 5.41. The van der Waals surface area contributed by atoms with E-state index in [9.17, 15) is 0 Å².